The van der Waals surface area contributed by atoms with Crippen LogP contribution in [0.4, 0.5) is 4.39 Å². The molecule has 2 aromatic rings. The highest BCUT2D eigenvalue weighted by atomic mass is 79.9. The van der Waals surface area contributed by atoms with E-state index in [9.17, 15) is 9.50 Å². The second-order valence-electron chi connectivity index (χ2n) is 3.14. The fraction of sp³-hybridized carbons (Fsp3) is 0.0909. The smallest absolute Gasteiger partial charge is 0.123 e. The number of thiophene rings is 1. The summed E-state index contributed by atoms with van der Waals surface area (Å²) in [5, 5.41) is 11.8. The molecule has 1 aromatic heterocycles. The largest absolute Gasteiger partial charge is 0.384 e. The summed E-state index contributed by atoms with van der Waals surface area (Å²) in [4.78, 5) is 0. The molecule has 0 amide bonds. The van der Waals surface area contributed by atoms with Crippen molar-refractivity contribution in [1.29, 1.82) is 0 Å². The third-order valence-corrected chi connectivity index (χ3v) is 3.59. The lowest BCUT2D eigenvalue weighted by Gasteiger charge is -2.08. The van der Waals surface area contributed by atoms with Crippen molar-refractivity contribution in [3.8, 4) is 0 Å². The van der Waals surface area contributed by atoms with Crippen LogP contribution < -0.4 is 0 Å². The molecule has 0 radical (unpaired) electrons. The Morgan fingerprint density at radius 3 is 2.67 bits per heavy atom. The van der Waals surface area contributed by atoms with E-state index in [2.05, 4.69) is 15.9 Å². The molecule has 1 N–H and O–H groups in total. The van der Waals surface area contributed by atoms with E-state index >= 15 is 0 Å². The van der Waals surface area contributed by atoms with Gasteiger partial charge < -0.3 is 5.11 Å². The van der Waals surface area contributed by atoms with Gasteiger partial charge in [0.25, 0.3) is 0 Å². The monoisotopic (exact) mass is 286 g/mol. The Labute approximate surface area is 99.3 Å². The van der Waals surface area contributed by atoms with Crippen molar-refractivity contribution in [1.82, 2.24) is 0 Å². The molecule has 0 aliphatic heterocycles. The van der Waals surface area contributed by atoms with Gasteiger partial charge in [-0.15, -0.1) is 11.3 Å². The molecule has 4 heteroatoms. The molecule has 1 unspecified atom stereocenters. The van der Waals surface area contributed by atoms with E-state index in [1.165, 1.54) is 23.5 Å². The molecule has 1 atom stereocenters. The van der Waals surface area contributed by atoms with Crippen LogP contribution in [-0.2, 0) is 0 Å². The van der Waals surface area contributed by atoms with Crippen molar-refractivity contribution in [2.75, 3.05) is 0 Å². The Balaban J connectivity index is 2.32. The van der Waals surface area contributed by atoms with Crippen molar-refractivity contribution in [2.24, 2.45) is 0 Å². The van der Waals surface area contributed by atoms with E-state index in [4.69, 9.17) is 0 Å². The molecule has 0 saturated heterocycles. The van der Waals surface area contributed by atoms with Crippen LogP contribution in [0.2, 0.25) is 0 Å². The summed E-state index contributed by atoms with van der Waals surface area (Å²) in [5.74, 6) is -0.333. The summed E-state index contributed by atoms with van der Waals surface area (Å²) < 4.78 is 13.9. The fourth-order valence-electron chi connectivity index (χ4n) is 1.34. The van der Waals surface area contributed by atoms with Crippen molar-refractivity contribution in [3.63, 3.8) is 0 Å². The van der Waals surface area contributed by atoms with Crippen molar-refractivity contribution >= 4 is 27.3 Å². The molecule has 0 aliphatic carbocycles. The Morgan fingerprint density at radius 1 is 1.27 bits per heavy atom. The number of aliphatic hydroxyl groups excluding tert-OH is 1. The molecule has 78 valence electrons. The molecule has 0 bridgehead atoms. The molecule has 1 nitrogen and oxygen atoms in total. The second kappa shape index (κ2) is 4.43. The minimum absolute atomic E-state index is 0.333. The Kier molecular flexibility index (Phi) is 3.19. The van der Waals surface area contributed by atoms with Crippen LogP contribution in [0.1, 0.15) is 17.2 Å². The van der Waals surface area contributed by atoms with Crippen LogP contribution in [-0.4, -0.2) is 5.11 Å². The average Bonchev–Trinajstić information content (AvgIpc) is 2.64. The lowest BCUT2D eigenvalue weighted by atomic mass is 10.0. The summed E-state index contributed by atoms with van der Waals surface area (Å²) in [6.07, 6.45) is -0.761. The van der Waals surface area contributed by atoms with Crippen LogP contribution in [0.15, 0.2) is 39.5 Å². The van der Waals surface area contributed by atoms with Crippen molar-refractivity contribution in [2.45, 2.75) is 6.10 Å². The lowest BCUT2D eigenvalue weighted by molar-refractivity contribution is 0.220. The molecule has 1 heterocycles. The van der Waals surface area contributed by atoms with Gasteiger partial charge in [0.15, 0.2) is 0 Å². The normalized spacial score (nSPS) is 12.7. The highest BCUT2D eigenvalue weighted by molar-refractivity contribution is 9.11. The summed E-state index contributed by atoms with van der Waals surface area (Å²) in [6, 6.07) is 7.84. The molecule has 0 saturated carbocycles. The highest BCUT2D eigenvalue weighted by Gasteiger charge is 2.12. The lowest BCUT2D eigenvalue weighted by Crippen LogP contribution is -1.97. The van der Waals surface area contributed by atoms with Crippen LogP contribution in [0, 0.1) is 5.82 Å². The minimum atomic E-state index is -0.761. The molecule has 1 aromatic carbocycles. The molecule has 15 heavy (non-hydrogen) atoms. The number of rotatable bonds is 2. The zero-order chi connectivity index (χ0) is 10.8. The molecule has 0 aliphatic rings. The van der Waals surface area contributed by atoms with E-state index in [0.29, 0.717) is 5.56 Å². The molecule has 2 rings (SSSR count). The predicted molar refractivity (Wildman–Crippen MR) is 62.5 cm³/mol. The van der Waals surface area contributed by atoms with Crippen molar-refractivity contribution in [3.05, 3.63) is 56.4 Å². The molecular weight excluding hydrogens is 279 g/mol. The zero-order valence-corrected chi connectivity index (χ0v) is 10.1. The van der Waals surface area contributed by atoms with Gasteiger partial charge in [-0.2, -0.15) is 0 Å². The Hall–Kier alpha value is -0.710. The number of aliphatic hydroxyl groups is 1. The standard InChI is InChI=1S/C11H8BrFOS/c12-10-5-8(6-15-10)11(14)7-2-1-3-9(13)4-7/h1-6,11,14H. The molecule has 0 spiro atoms. The van der Waals surface area contributed by atoms with Gasteiger partial charge in [0.1, 0.15) is 11.9 Å². The summed E-state index contributed by atoms with van der Waals surface area (Å²) in [5.41, 5.74) is 1.35. The maximum atomic E-state index is 12.9. The van der Waals surface area contributed by atoms with Gasteiger partial charge in [-0.25, -0.2) is 4.39 Å². The summed E-state index contributed by atoms with van der Waals surface area (Å²) in [6.45, 7) is 0. The van der Waals surface area contributed by atoms with Gasteiger partial charge in [0, 0.05) is 0 Å². The first kappa shape index (κ1) is 10.8. The average molecular weight is 287 g/mol. The summed E-state index contributed by atoms with van der Waals surface area (Å²) in [7, 11) is 0. The van der Waals surface area contributed by atoms with E-state index in [0.717, 1.165) is 9.35 Å². The van der Waals surface area contributed by atoms with Crippen LogP contribution in [0.5, 0.6) is 0 Å². The van der Waals surface area contributed by atoms with Gasteiger partial charge in [-0.1, -0.05) is 12.1 Å². The Morgan fingerprint density at radius 2 is 2.07 bits per heavy atom. The number of hydrogen-bond donors (Lipinski definition) is 1. The van der Waals surface area contributed by atoms with Crippen LogP contribution in [0.3, 0.4) is 0 Å². The van der Waals surface area contributed by atoms with Crippen LogP contribution >= 0.6 is 27.3 Å². The Bertz CT molecular complexity index is 469. The first-order valence-corrected chi connectivity index (χ1v) is 6.01. The quantitative estimate of drug-likeness (QED) is 0.892. The number of halogens is 2. The highest BCUT2D eigenvalue weighted by Crippen LogP contribution is 2.29. The first-order valence-electron chi connectivity index (χ1n) is 4.34. The van der Waals surface area contributed by atoms with Crippen molar-refractivity contribution < 1.29 is 9.50 Å². The van der Waals surface area contributed by atoms with E-state index < -0.39 is 6.10 Å². The zero-order valence-electron chi connectivity index (χ0n) is 7.65. The number of benzene rings is 1. The van der Waals surface area contributed by atoms with Gasteiger partial charge in [0.05, 0.1) is 3.79 Å². The van der Waals surface area contributed by atoms with E-state index in [-0.39, 0.29) is 5.82 Å². The van der Waals surface area contributed by atoms with E-state index in [1.54, 1.807) is 12.1 Å². The minimum Gasteiger partial charge on any atom is -0.384 e. The third kappa shape index (κ3) is 2.45. The second-order valence-corrected chi connectivity index (χ2v) is 5.43. The van der Waals surface area contributed by atoms with Gasteiger partial charge in [-0.3, -0.25) is 0 Å². The van der Waals surface area contributed by atoms with Gasteiger partial charge in [-0.05, 0) is 50.6 Å². The predicted octanol–water partition coefficient (Wildman–Crippen LogP) is 3.73. The maximum Gasteiger partial charge on any atom is 0.123 e. The van der Waals surface area contributed by atoms with E-state index in [1.807, 2.05) is 11.4 Å². The summed E-state index contributed by atoms with van der Waals surface area (Å²) >= 11 is 4.82. The SMILES string of the molecule is OC(c1cccc(F)c1)c1csc(Br)c1. The molecular formula is C11H8BrFOS. The third-order valence-electron chi connectivity index (χ3n) is 2.07. The molecule has 0 fully saturated rings. The fourth-order valence-corrected chi connectivity index (χ4v) is 2.53. The topological polar surface area (TPSA) is 20.2 Å². The maximum absolute atomic E-state index is 12.9. The number of hydrogen-bond acceptors (Lipinski definition) is 2. The van der Waals surface area contributed by atoms with Gasteiger partial charge >= 0.3 is 0 Å². The van der Waals surface area contributed by atoms with Gasteiger partial charge in [0.2, 0.25) is 0 Å². The first-order chi connectivity index (χ1) is 7.16. The van der Waals surface area contributed by atoms with Crippen LogP contribution in [0.25, 0.3) is 0 Å².